The molecule has 1 rings (SSSR count). The number of carbonyl (C=O) groups excluding carboxylic acids is 1. The van der Waals surface area contributed by atoms with Crippen molar-refractivity contribution in [2.45, 2.75) is 44.1 Å². The Kier molecular flexibility index (Phi) is 4.53. The monoisotopic (exact) mass is 271 g/mol. The highest BCUT2D eigenvalue weighted by atomic mass is 19.3. The quantitative estimate of drug-likeness (QED) is 0.792. The highest BCUT2D eigenvalue weighted by molar-refractivity contribution is 5.85. The fourth-order valence-corrected chi connectivity index (χ4v) is 1.97. The Labute approximate surface area is 101 Å². The van der Waals surface area contributed by atoms with Crippen LogP contribution in [-0.2, 0) is 9.59 Å². The highest BCUT2D eigenvalue weighted by Gasteiger charge is 2.52. The standard InChI is InChI=1S/C10H13F4NO3/c11-8(12)10(13,14)9(18)15-4-2-1-3-6(15)5-7(16)17/h6,8H,1-5H2,(H,16,17). The predicted octanol–water partition coefficient (Wildman–Crippen LogP) is 1.74. The molecule has 1 aliphatic rings. The van der Waals surface area contributed by atoms with Gasteiger partial charge in [-0.15, -0.1) is 0 Å². The number of carboxylic acids is 1. The number of rotatable bonds is 4. The Balaban J connectivity index is 2.83. The van der Waals surface area contributed by atoms with E-state index in [0.29, 0.717) is 17.7 Å². The number of piperidine rings is 1. The van der Waals surface area contributed by atoms with Crippen LogP contribution >= 0.6 is 0 Å². The second kappa shape index (κ2) is 5.53. The summed E-state index contributed by atoms with van der Waals surface area (Å²) in [6, 6.07) is -0.937. The Morgan fingerprint density at radius 3 is 2.44 bits per heavy atom. The Morgan fingerprint density at radius 1 is 1.33 bits per heavy atom. The third-order valence-electron chi connectivity index (χ3n) is 2.86. The van der Waals surface area contributed by atoms with Crippen molar-refractivity contribution in [1.29, 1.82) is 0 Å². The Morgan fingerprint density at radius 2 is 1.94 bits per heavy atom. The van der Waals surface area contributed by atoms with Crippen LogP contribution in [0, 0.1) is 0 Å². The number of carboxylic acid groups (broad SMARTS) is 1. The van der Waals surface area contributed by atoms with Crippen LogP contribution in [0.2, 0.25) is 0 Å². The molecule has 1 heterocycles. The van der Waals surface area contributed by atoms with E-state index in [9.17, 15) is 27.2 Å². The van der Waals surface area contributed by atoms with Gasteiger partial charge in [0.15, 0.2) is 0 Å². The Hall–Kier alpha value is -1.34. The summed E-state index contributed by atoms with van der Waals surface area (Å²) in [6.45, 7) is -0.112. The second-order valence-corrected chi connectivity index (χ2v) is 4.17. The molecule has 1 saturated heterocycles. The number of nitrogens with zero attached hydrogens (tertiary/aromatic N) is 1. The molecule has 1 unspecified atom stereocenters. The van der Waals surface area contributed by atoms with E-state index in [1.807, 2.05) is 0 Å². The maximum Gasteiger partial charge on any atom is 0.383 e. The summed E-state index contributed by atoms with van der Waals surface area (Å²) in [6.07, 6.45) is -3.37. The SMILES string of the molecule is O=C(O)CC1CCCCN1C(=O)C(F)(F)C(F)F. The molecule has 0 aliphatic carbocycles. The van der Waals surface area contributed by atoms with E-state index in [1.165, 1.54) is 0 Å². The van der Waals surface area contributed by atoms with Crippen LogP contribution in [-0.4, -0.2) is 46.8 Å². The van der Waals surface area contributed by atoms with Crippen molar-refractivity contribution in [3.63, 3.8) is 0 Å². The van der Waals surface area contributed by atoms with Crippen LogP contribution in [0.1, 0.15) is 25.7 Å². The van der Waals surface area contributed by atoms with Gasteiger partial charge in [0.05, 0.1) is 6.42 Å². The molecular weight excluding hydrogens is 258 g/mol. The molecule has 0 saturated carbocycles. The fraction of sp³-hybridized carbons (Fsp3) is 0.800. The predicted molar refractivity (Wildman–Crippen MR) is 52.6 cm³/mol. The van der Waals surface area contributed by atoms with Gasteiger partial charge in [-0.05, 0) is 19.3 Å². The normalized spacial score (nSPS) is 21.2. The second-order valence-electron chi connectivity index (χ2n) is 4.17. The molecule has 0 aromatic rings. The summed E-state index contributed by atoms with van der Waals surface area (Å²) in [5.41, 5.74) is 0. The molecule has 1 amide bonds. The van der Waals surface area contributed by atoms with E-state index in [0.717, 1.165) is 0 Å². The number of carbonyl (C=O) groups is 2. The van der Waals surface area contributed by atoms with E-state index < -0.39 is 36.7 Å². The lowest BCUT2D eigenvalue weighted by atomic mass is 9.98. The zero-order valence-corrected chi connectivity index (χ0v) is 9.41. The summed E-state index contributed by atoms with van der Waals surface area (Å²) in [7, 11) is 0. The first-order valence-corrected chi connectivity index (χ1v) is 5.45. The van der Waals surface area contributed by atoms with Gasteiger partial charge in [0.2, 0.25) is 0 Å². The summed E-state index contributed by atoms with van der Waals surface area (Å²) in [4.78, 5) is 22.5. The molecule has 1 aliphatic heterocycles. The summed E-state index contributed by atoms with van der Waals surface area (Å²) < 4.78 is 50.1. The van der Waals surface area contributed by atoms with Gasteiger partial charge in [-0.3, -0.25) is 9.59 Å². The zero-order valence-electron chi connectivity index (χ0n) is 9.41. The van der Waals surface area contributed by atoms with Crippen molar-refractivity contribution < 1.29 is 32.3 Å². The molecular formula is C10H13F4NO3. The maximum absolute atomic E-state index is 12.9. The molecule has 0 aromatic heterocycles. The summed E-state index contributed by atoms with van der Waals surface area (Å²) in [5, 5.41) is 8.60. The molecule has 18 heavy (non-hydrogen) atoms. The molecule has 1 fully saturated rings. The molecule has 104 valence electrons. The van der Waals surface area contributed by atoms with Crippen LogP contribution < -0.4 is 0 Å². The van der Waals surface area contributed by atoms with Gasteiger partial charge in [-0.1, -0.05) is 0 Å². The topological polar surface area (TPSA) is 57.6 Å². The number of hydrogen-bond acceptors (Lipinski definition) is 2. The van der Waals surface area contributed by atoms with Crippen molar-refractivity contribution in [3.8, 4) is 0 Å². The first-order chi connectivity index (χ1) is 8.26. The number of halogens is 4. The number of aliphatic carboxylic acids is 1. The smallest absolute Gasteiger partial charge is 0.383 e. The zero-order chi connectivity index (χ0) is 13.9. The van der Waals surface area contributed by atoms with Crippen molar-refractivity contribution in [1.82, 2.24) is 4.90 Å². The first kappa shape index (κ1) is 14.7. The van der Waals surface area contributed by atoms with E-state index in [4.69, 9.17) is 5.11 Å². The van der Waals surface area contributed by atoms with Gasteiger partial charge in [-0.25, -0.2) is 8.78 Å². The van der Waals surface area contributed by atoms with Crippen molar-refractivity contribution in [2.75, 3.05) is 6.54 Å². The van der Waals surface area contributed by atoms with Gasteiger partial charge in [0.1, 0.15) is 0 Å². The van der Waals surface area contributed by atoms with Gasteiger partial charge in [0.25, 0.3) is 5.91 Å². The van der Waals surface area contributed by atoms with Crippen molar-refractivity contribution >= 4 is 11.9 Å². The van der Waals surface area contributed by atoms with Gasteiger partial charge in [-0.2, -0.15) is 8.78 Å². The van der Waals surface area contributed by atoms with E-state index in [2.05, 4.69) is 0 Å². The van der Waals surface area contributed by atoms with Crippen molar-refractivity contribution in [3.05, 3.63) is 0 Å². The van der Waals surface area contributed by atoms with E-state index >= 15 is 0 Å². The van der Waals surface area contributed by atoms with Crippen LogP contribution in [0.3, 0.4) is 0 Å². The maximum atomic E-state index is 12.9. The number of hydrogen-bond donors (Lipinski definition) is 1. The average Bonchev–Trinajstić information content (AvgIpc) is 2.27. The van der Waals surface area contributed by atoms with Gasteiger partial charge >= 0.3 is 18.3 Å². The minimum Gasteiger partial charge on any atom is -0.481 e. The summed E-state index contributed by atoms with van der Waals surface area (Å²) >= 11 is 0. The Bertz CT molecular complexity index is 335. The van der Waals surface area contributed by atoms with Crippen LogP contribution in [0.4, 0.5) is 17.6 Å². The molecule has 1 N–H and O–H groups in total. The van der Waals surface area contributed by atoms with Gasteiger partial charge in [0, 0.05) is 12.6 Å². The number of likely N-dealkylation sites (tertiary alicyclic amines) is 1. The lowest BCUT2D eigenvalue weighted by Gasteiger charge is -2.36. The van der Waals surface area contributed by atoms with Crippen molar-refractivity contribution in [2.24, 2.45) is 0 Å². The molecule has 4 nitrogen and oxygen atoms in total. The lowest BCUT2D eigenvalue weighted by Crippen LogP contribution is -2.53. The minimum atomic E-state index is -4.76. The molecule has 0 aromatic carbocycles. The molecule has 1 atom stereocenters. The van der Waals surface area contributed by atoms with E-state index in [1.54, 1.807) is 0 Å². The van der Waals surface area contributed by atoms with Crippen LogP contribution in [0.15, 0.2) is 0 Å². The lowest BCUT2D eigenvalue weighted by molar-refractivity contribution is -0.184. The highest BCUT2D eigenvalue weighted by Crippen LogP contribution is 2.29. The molecule has 8 heteroatoms. The molecule has 0 bridgehead atoms. The minimum absolute atomic E-state index is 0.112. The third kappa shape index (κ3) is 3.11. The number of amides is 1. The third-order valence-corrected chi connectivity index (χ3v) is 2.86. The first-order valence-electron chi connectivity index (χ1n) is 5.45. The molecule has 0 spiro atoms. The fourth-order valence-electron chi connectivity index (χ4n) is 1.97. The average molecular weight is 271 g/mol. The summed E-state index contributed by atoms with van der Waals surface area (Å²) in [5.74, 6) is -7.99. The molecule has 0 radical (unpaired) electrons. The number of alkyl halides is 4. The van der Waals surface area contributed by atoms with Crippen LogP contribution in [0.5, 0.6) is 0 Å². The van der Waals surface area contributed by atoms with Gasteiger partial charge < -0.3 is 10.0 Å². The largest absolute Gasteiger partial charge is 0.481 e. The van der Waals surface area contributed by atoms with E-state index in [-0.39, 0.29) is 13.0 Å². The van der Waals surface area contributed by atoms with Crippen LogP contribution in [0.25, 0.3) is 0 Å².